The molecule has 0 bridgehead atoms. The summed E-state index contributed by atoms with van der Waals surface area (Å²) in [4.78, 5) is 20.6. The number of carbonyl (C=O) groups is 1. The zero-order chi connectivity index (χ0) is 22.4. The minimum absolute atomic E-state index is 0.0747. The van der Waals surface area contributed by atoms with E-state index in [1.165, 1.54) is 11.9 Å². The maximum atomic E-state index is 11.4. The zero-order valence-electron chi connectivity index (χ0n) is 18.3. The minimum atomic E-state index is -0.712. The van der Waals surface area contributed by atoms with E-state index >= 15 is 0 Å². The molecule has 3 aromatic rings. The molecular weight excluding hydrogens is 408 g/mol. The van der Waals surface area contributed by atoms with Crippen molar-refractivity contribution < 1.29 is 14.6 Å². The Labute approximate surface area is 186 Å². The average molecular weight is 437 g/mol. The van der Waals surface area contributed by atoms with Gasteiger partial charge < -0.3 is 20.9 Å². The van der Waals surface area contributed by atoms with E-state index in [1.807, 2.05) is 26.0 Å². The molecule has 0 radical (unpaired) electrons. The summed E-state index contributed by atoms with van der Waals surface area (Å²) in [5.74, 6) is 1.22. The second kappa shape index (κ2) is 7.96. The van der Waals surface area contributed by atoms with Crippen molar-refractivity contribution in [2.45, 2.75) is 64.0 Å². The summed E-state index contributed by atoms with van der Waals surface area (Å²) in [5, 5.41) is 17.4. The van der Waals surface area contributed by atoms with Crippen LogP contribution in [0.2, 0.25) is 0 Å². The number of imidazole rings is 1. The molecule has 0 spiro atoms. The molecule has 1 saturated carbocycles. The molecule has 1 aliphatic heterocycles. The lowest BCUT2D eigenvalue weighted by Crippen LogP contribution is -2.21. The van der Waals surface area contributed by atoms with Crippen molar-refractivity contribution in [1.82, 2.24) is 19.6 Å². The highest BCUT2D eigenvalue weighted by atomic mass is 16.5. The number of fused-ring (bicyclic) bond motifs is 2. The smallest absolute Gasteiger partial charge is 0.306 e. The predicted molar refractivity (Wildman–Crippen MR) is 120 cm³/mol. The first kappa shape index (κ1) is 20.5. The average Bonchev–Trinajstić information content (AvgIpc) is 3.36. The van der Waals surface area contributed by atoms with Gasteiger partial charge in [0.25, 0.3) is 0 Å². The number of aromatic nitrogens is 4. The van der Waals surface area contributed by atoms with E-state index in [1.54, 1.807) is 4.52 Å². The Hall–Kier alpha value is -3.36. The molecule has 1 aromatic carbocycles. The van der Waals surface area contributed by atoms with E-state index in [0.717, 1.165) is 47.7 Å². The molecule has 1 unspecified atom stereocenters. The van der Waals surface area contributed by atoms with Crippen LogP contribution in [0.15, 0.2) is 24.5 Å². The van der Waals surface area contributed by atoms with E-state index < -0.39 is 5.97 Å². The largest absolute Gasteiger partial charge is 0.489 e. The molecule has 1 aliphatic carbocycles. The molecule has 32 heavy (non-hydrogen) atoms. The van der Waals surface area contributed by atoms with Crippen molar-refractivity contribution in [3.63, 3.8) is 0 Å². The van der Waals surface area contributed by atoms with Gasteiger partial charge in [0.1, 0.15) is 23.4 Å². The van der Waals surface area contributed by atoms with Crippen LogP contribution in [0.4, 0.5) is 11.5 Å². The van der Waals surface area contributed by atoms with Gasteiger partial charge in [-0.1, -0.05) is 12.1 Å². The molecule has 168 valence electrons. The molecule has 3 heterocycles. The van der Waals surface area contributed by atoms with Crippen LogP contribution in [-0.4, -0.2) is 36.8 Å². The van der Waals surface area contributed by atoms with Crippen molar-refractivity contribution in [3.8, 4) is 5.75 Å². The maximum absolute atomic E-state index is 11.4. The maximum Gasteiger partial charge on any atom is 0.306 e. The summed E-state index contributed by atoms with van der Waals surface area (Å²) in [7, 11) is 0. The number of rotatable bonds is 5. The number of nitrogens with two attached hydrogens (primary N) is 1. The van der Waals surface area contributed by atoms with E-state index in [9.17, 15) is 9.90 Å². The Morgan fingerprint density at radius 3 is 2.78 bits per heavy atom. The number of hydrogen-bond acceptors (Lipinski definition) is 7. The van der Waals surface area contributed by atoms with Crippen LogP contribution in [0.1, 0.15) is 68.6 Å². The summed E-state index contributed by atoms with van der Waals surface area (Å²) in [5.41, 5.74) is 10.0. The van der Waals surface area contributed by atoms with E-state index in [2.05, 4.69) is 21.5 Å². The van der Waals surface area contributed by atoms with Crippen LogP contribution < -0.4 is 15.8 Å². The Bertz CT molecular complexity index is 1170. The number of hydrogen-bond donors (Lipinski definition) is 3. The molecule has 4 N–H and O–H groups in total. The fourth-order valence-corrected chi connectivity index (χ4v) is 4.98. The fraction of sp³-hybridized carbons (Fsp3) is 0.478. The number of ether oxygens (including phenoxy) is 1. The topological polar surface area (TPSA) is 128 Å². The molecule has 1 atom stereocenters. The van der Waals surface area contributed by atoms with E-state index in [0.29, 0.717) is 18.7 Å². The van der Waals surface area contributed by atoms with Crippen molar-refractivity contribution in [2.75, 3.05) is 11.1 Å². The SMILES string of the molecule is CC(C)Oc1cccc2c1NC(c1nc(C3CCC(C(=O)O)CC3)n3ncnc(N)c13)C2. The Kier molecular flexibility index (Phi) is 5.11. The van der Waals surface area contributed by atoms with Crippen LogP contribution in [0.25, 0.3) is 5.52 Å². The second-order valence-corrected chi connectivity index (χ2v) is 9.01. The van der Waals surface area contributed by atoms with Gasteiger partial charge in [-0.05, 0) is 51.2 Å². The van der Waals surface area contributed by atoms with E-state index in [-0.39, 0.29) is 24.0 Å². The van der Waals surface area contributed by atoms with Gasteiger partial charge in [-0.25, -0.2) is 14.5 Å². The highest BCUT2D eigenvalue weighted by Crippen LogP contribution is 2.43. The summed E-state index contributed by atoms with van der Waals surface area (Å²) in [6.45, 7) is 4.02. The number of aliphatic carboxylic acids is 1. The number of carboxylic acid groups (broad SMARTS) is 1. The van der Waals surface area contributed by atoms with Crippen LogP contribution in [0, 0.1) is 5.92 Å². The predicted octanol–water partition coefficient (Wildman–Crippen LogP) is 3.56. The highest BCUT2D eigenvalue weighted by molar-refractivity contribution is 5.74. The normalized spacial score (nSPS) is 22.7. The van der Waals surface area contributed by atoms with Crippen LogP contribution >= 0.6 is 0 Å². The van der Waals surface area contributed by atoms with Crippen LogP contribution in [0.5, 0.6) is 5.75 Å². The molecule has 9 nitrogen and oxygen atoms in total. The second-order valence-electron chi connectivity index (χ2n) is 9.01. The fourth-order valence-electron chi connectivity index (χ4n) is 4.98. The van der Waals surface area contributed by atoms with Crippen molar-refractivity contribution in [1.29, 1.82) is 0 Å². The van der Waals surface area contributed by atoms with Gasteiger partial charge in [-0.3, -0.25) is 4.79 Å². The van der Waals surface area contributed by atoms with Gasteiger partial charge in [-0.15, -0.1) is 0 Å². The lowest BCUT2D eigenvalue weighted by Gasteiger charge is -2.24. The molecule has 0 amide bonds. The van der Waals surface area contributed by atoms with Gasteiger partial charge in [0.2, 0.25) is 0 Å². The highest BCUT2D eigenvalue weighted by Gasteiger charge is 2.34. The number of anilines is 2. The molecule has 2 aromatic heterocycles. The van der Waals surface area contributed by atoms with E-state index in [4.69, 9.17) is 15.5 Å². The number of carboxylic acids is 1. The van der Waals surface area contributed by atoms with Gasteiger partial charge in [-0.2, -0.15) is 5.10 Å². The number of nitrogen functional groups attached to an aromatic ring is 1. The quantitative estimate of drug-likeness (QED) is 0.554. The molecular formula is C23H28N6O3. The first-order chi connectivity index (χ1) is 15.4. The molecule has 2 aliphatic rings. The monoisotopic (exact) mass is 436 g/mol. The third kappa shape index (κ3) is 3.51. The Balaban J connectivity index is 1.50. The van der Waals surface area contributed by atoms with Crippen LogP contribution in [0.3, 0.4) is 0 Å². The number of nitrogens with one attached hydrogen (secondary N) is 1. The van der Waals surface area contributed by atoms with Crippen molar-refractivity contribution in [2.24, 2.45) is 5.92 Å². The summed E-state index contributed by atoms with van der Waals surface area (Å²) in [6, 6.07) is 6.01. The summed E-state index contributed by atoms with van der Waals surface area (Å²) >= 11 is 0. The zero-order valence-corrected chi connectivity index (χ0v) is 18.3. The third-order valence-electron chi connectivity index (χ3n) is 6.50. The molecule has 5 rings (SSSR count). The van der Waals surface area contributed by atoms with Crippen molar-refractivity contribution >= 4 is 23.0 Å². The number of nitrogens with zero attached hydrogens (tertiary/aromatic N) is 4. The Morgan fingerprint density at radius 1 is 1.28 bits per heavy atom. The van der Waals surface area contributed by atoms with Gasteiger partial charge >= 0.3 is 5.97 Å². The molecule has 1 fully saturated rings. The lowest BCUT2D eigenvalue weighted by molar-refractivity contribution is -0.142. The van der Waals surface area contributed by atoms with Crippen molar-refractivity contribution in [3.05, 3.63) is 41.6 Å². The Morgan fingerprint density at radius 2 is 2.06 bits per heavy atom. The standard InChI is InChI=1S/C23H28N6O3/c1-12(2)32-17-5-3-4-15-10-16(27-18(15)17)19-20-21(24)25-11-26-29(20)22(28-19)13-6-8-14(9-7-13)23(30)31/h3-5,11-14,16,27H,6-10H2,1-2H3,(H,30,31)(H2,24,25,26). The number of benzene rings is 1. The first-order valence-electron chi connectivity index (χ1n) is 11.2. The summed E-state index contributed by atoms with van der Waals surface area (Å²) < 4.78 is 7.80. The first-order valence-corrected chi connectivity index (χ1v) is 11.2. The molecule has 0 saturated heterocycles. The third-order valence-corrected chi connectivity index (χ3v) is 6.50. The minimum Gasteiger partial charge on any atom is -0.489 e. The lowest BCUT2D eigenvalue weighted by atomic mass is 9.82. The van der Waals surface area contributed by atoms with Gasteiger partial charge in [0, 0.05) is 12.3 Å². The molecule has 9 heteroatoms. The van der Waals surface area contributed by atoms with Gasteiger partial charge in [0.15, 0.2) is 5.82 Å². The van der Waals surface area contributed by atoms with Crippen LogP contribution in [-0.2, 0) is 11.2 Å². The number of para-hydroxylation sites is 1. The summed E-state index contributed by atoms with van der Waals surface area (Å²) in [6.07, 6.45) is 5.12. The van der Waals surface area contributed by atoms with Gasteiger partial charge in [0.05, 0.1) is 29.4 Å².